The highest BCUT2D eigenvalue weighted by Gasteiger charge is 2.17. The van der Waals surface area contributed by atoms with Gasteiger partial charge in [0, 0.05) is 31.5 Å². The molecule has 2 aromatic heterocycles. The van der Waals surface area contributed by atoms with Crippen LogP contribution in [-0.4, -0.2) is 47.5 Å². The minimum atomic E-state index is -0.412. The summed E-state index contributed by atoms with van der Waals surface area (Å²) in [4.78, 5) is 15.7. The van der Waals surface area contributed by atoms with Crippen molar-refractivity contribution in [3.8, 4) is 0 Å². The maximum Gasteiger partial charge on any atom is 0.330 e. The van der Waals surface area contributed by atoms with Crippen molar-refractivity contribution in [2.24, 2.45) is 0 Å². The fraction of sp³-hybridized carbons (Fsp3) is 0.400. The largest absolute Gasteiger partial charge is 0.466 e. The van der Waals surface area contributed by atoms with Crippen LogP contribution in [0, 0.1) is 0 Å². The molecule has 0 spiro atoms. The predicted octanol–water partition coefficient (Wildman–Crippen LogP) is 1.73. The average Bonchev–Trinajstić information content (AvgIpc) is 2.98. The number of ether oxygens (including phenoxy) is 2. The number of aromatic nitrogens is 3. The molecule has 3 rings (SSSR count). The number of esters is 1. The highest BCUT2D eigenvalue weighted by atomic mass is 16.5. The number of hydrogen-bond donors (Lipinski definition) is 2. The molecule has 1 aliphatic rings. The summed E-state index contributed by atoms with van der Waals surface area (Å²) in [6, 6.07) is 2.16. The van der Waals surface area contributed by atoms with Crippen LogP contribution in [0.1, 0.15) is 18.5 Å². The van der Waals surface area contributed by atoms with Crippen molar-refractivity contribution in [2.75, 3.05) is 25.6 Å². The van der Waals surface area contributed by atoms with Gasteiger partial charge in [0.2, 0.25) is 0 Å². The van der Waals surface area contributed by atoms with E-state index in [4.69, 9.17) is 4.74 Å². The highest BCUT2D eigenvalue weighted by molar-refractivity contribution is 5.97. The smallest absolute Gasteiger partial charge is 0.330 e. The van der Waals surface area contributed by atoms with E-state index in [1.54, 1.807) is 12.3 Å². The minimum Gasteiger partial charge on any atom is -0.466 e. The molecule has 0 unspecified atom stereocenters. The number of aromatic amines is 1. The predicted molar refractivity (Wildman–Crippen MR) is 82.4 cm³/mol. The molecule has 0 radical (unpaired) electrons. The van der Waals surface area contributed by atoms with E-state index in [0.29, 0.717) is 6.04 Å². The van der Waals surface area contributed by atoms with Crippen LogP contribution in [0.5, 0.6) is 0 Å². The van der Waals surface area contributed by atoms with Gasteiger partial charge < -0.3 is 14.8 Å². The van der Waals surface area contributed by atoms with E-state index in [1.165, 1.54) is 13.2 Å². The van der Waals surface area contributed by atoms with Gasteiger partial charge in [-0.3, -0.25) is 5.10 Å². The third-order valence-corrected chi connectivity index (χ3v) is 3.64. The van der Waals surface area contributed by atoms with Crippen molar-refractivity contribution in [1.29, 1.82) is 0 Å². The van der Waals surface area contributed by atoms with Crippen LogP contribution in [0.3, 0.4) is 0 Å². The Kier molecular flexibility index (Phi) is 4.34. The molecule has 1 fully saturated rings. The monoisotopic (exact) mass is 302 g/mol. The number of fused-ring (bicyclic) bond motifs is 1. The topological polar surface area (TPSA) is 89.1 Å². The summed E-state index contributed by atoms with van der Waals surface area (Å²) in [5.74, 6) is 0.355. The molecule has 0 aliphatic carbocycles. The van der Waals surface area contributed by atoms with Crippen LogP contribution >= 0.6 is 0 Å². The summed E-state index contributed by atoms with van der Waals surface area (Å²) in [5.41, 5.74) is 1.53. The first-order valence-electron chi connectivity index (χ1n) is 7.21. The molecule has 2 N–H and O–H groups in total. The first-order chi connectivity index (χ1) is 10.8. The number of carbonyl (C=O) groups excluding carboxylic acids is 1. The van der Waals surface area contributed by atoms with Gasteiger partial charge in [-0.15, -0.1) is 0 Å². The Morgan fingerprint density at radius 3 is 3.09 bits per heavy atom. The second-order valence-electron chi connectivity index (χ2n) is 5.08. The van der Waals surface area contributed by atoms with E-state index in [-0.39, 0.29) is 0 Å². The van der Waals surface area contributed by atoms with Crippen molar-refractivity contribution in [2.45, 2.75) is 18.9 Å². The Bertz CT molecular complexity index is 689. The second-order valence-corrected chi connectivity index (χ2v) is 5.08. The van der Waals surface area contributed by atoms with E-state index >= 15 is 0 Å². The maximum atomic E-state index is 11.3. The first kappa shape index (κ1) is 14.5. The second kappa shape index (κ2) is 6.57. The molecular weight excluding hydrogens is 284 g/mol. The molecule has 3 heterocycles. The molecule has 7 heteroatoms. The fourth-order valence-electron chi connectivity index (χ4n) is 2.47. The quantitative estimate of drug-likeness (QED) is 0.660. The van der Waals surface area contributed by atoms with Gasteiger partial charge in [0.15, 0.2) is 0 Å². The number of H-pyrrole nitrogens is 1. The van der Waals surface area contributed by atoms with E-state index in [0.717, 1.165) is 48.5 Å². The van der Waals surface area contributed by atoms with E-state index in [9.17, 15) is 4.79 Å². The SMILES string of the molecule is COC(=O)/C=C/c1[nH]nc2ccnc(NC3CCOCC3)c12. The van der Waals surface area contributed by atoms with Gasteiger partial charge in [-0.25, -0.2) is 9.78 Å². The standard InChI is InChI=1S/C15H18N4O3/c1-21-13(20)3-2-11-14-12(19-18-11)4-7-16-15(14)17-10-5-8-22-9-6-10/h2-4,7,10H,5-6,8-9H2,1H3,(H,16,17)(H,18,19)/b3-2+. The van der Waals surface area contributed by atoms with Gasteiger partial charge in [0.05, 0.1) is 23.7 Å². The molecule has 7 nitrogen and oxygen atoms in total. The molecule has 0 atom stereocenters. The summed E-state index contributed by atoms with van der Waals surface area (Å²) in [5, 5.41) is 11.5. The number of anilines is 1. The lowest BCUT2D eigenvalue weighted by molar-refractivity contribution is -0.134. The Morgan fingerprint density at radius 1 is 1.50 bits per heavy atom. The van der Waals surface area contributed by atoms with Gasteiger partial charge in [-0.05, 0) is 25.0 Å². The van der Waals surface area contributed by atoms with Crippen molar-refractivity contribution in [3.05, 3.63) is 24.0 Å². The molecule has 2 aromatic rings. The number of carbonyl (C=O) groups is 1. The summed E-state index contributed by atoms with van der Waals surface area (Å²) in [6.45, 7) is 1.52. The summed E-state index contributed by atoms with van der Waals surface area (Å²) in [7, 11) is 1.34. The molecule has 1 saturated heterocycles. The van der Waals surface area contributed by atoms with Crippen LogP contribution in [-0.2, 0) is 14.3 Å². The Balaban J connectivity index is 1.90. The Morgan fingerprint density at radius 2 is 2.32 bits per heavy atom. The van der Waals surface area contributed by atoms with Crippen LogP contribution in [0.4, 0.5) is 5.82 Å². The van der Waals surface area contributed by atoms with Gasteiger partial charge in [0.25, 0.3) is 0 Å². The Labute approximate surface area is 127 Å². The summed E-state index contributed by atoms with van der Waals surface area (Å²) >= 11 is 0. The zero-order valence-electron chi connectivity index (χ0n) is 12.3. The number of nitrogens with zero attached hydrogens (tertiary/aromatic N) is 2. The van der Waals surface area contributed by atoms with Gasteiger partial charge in [-0.2, -0.15) is 5.10 Å². The van der Waals surface area contributed by atoms with Gasteiger partial charge in [0.1, 0.15) is 5.82 Å². The molecule has 0 aromatic carbocycles. The lowest BCUT2D eigenvalue weighted by atomic mass is 10.1. The zero-order chi connectivity index (χ0) is 15.4. The van der Waals surface area contributed by atoms with Crippen LogP contribution in [0.25, 0.3) is 17.0 Å². The molecular formula is C15H18N4O3. The van der Waals surface area contributed by atoms with Crippen LogP contribution in [0.15, 0.2) is 18.3 Å². The number of nitrogens with one attached hydrogen (secondary N) is 2. The number of pyridine rings is 1. The van der Waals surface area contributed by atoms with Gasteiger partial charge in [-0.1, -0.05) is 0 Å². The summed E-state index contributed by atoms with van der Waals surface area (Å²) < 4.78 is 9.98. The van der Waals surface area contributed by atoms with Crippen LogP contribution < -0.4 is 5.32 Å². The Hall–Kier alpha value is -2.41. The fourth-order valence-corrected chi connectivity index (χ4v) is 2.47. The van der Waals surface area contributed by atoms with Crippen molar-refractivity contribution in [1.82, 2.24) is 15.2 Å². The van der Waals surface area contributed by atoms with E-state index < -0.39 is 5.97 Å². The lowest BCUT2D eigenvalue weighted by Crippen LogP contribution is -2.28. The third-order valence-electron chi connectivity index (χ3n) is 3.64. The maximum absolute atomic E-state index is 11.3. The van der Waals surface area contributed by atoms with Crippen molar-refractivity contribution < 1.29 is 14.3 Å². The van der Waals surface area contributed by atoms with Crippen LogP contribution in [0.2, 0.25) is 0 Å². The minimum absolute atomic E-state index is 0.333. The summed E-state index contributed by atoms with van der Waals surface area (Å²) in [6.07, 6.45) is 6.63. The van der Waals surface area contributed by atoms with Crippen molar-refractivity contribution in [3.63, 3.8) is 0 Å². The molecule has 0 bridgehead atoms. The number of hydrogen-bond acceptors (Lipinski definition) is 6. The number of rotatable bonds is 4. The van der Waals surface area contributed by atoms with E-state index in [2.05, 4.69) is 25.2 Å². The zero-order valence-corrected chi connectivity index (χ0v) is 12.3. The molecule has 22 heavy (non-hydrogen) atoms. The molecule has 0 saturated carbocycles. The first-order valence-corrected chi connectivity index (χ1v) is 7.21. The number of methoxy groups -OCH3 is 1. The molecule has 1 aliphatic heterocycles. The van der Waals surface area contributed by atoms with Gasteiger partial charge >= 0.3 is 5.97 Å². The molecule has 116 valence electrons. The highest BCUT2D eigenvalue weighted by Crippen LogP contribution is 2.25. The van der Waals surface area contributed by atoms with E-state index in [1.807, 2.05) is 6.07 Å². The average molecular weight is 302 g/mol. The third kappa shape index (κ3) is 3.09. The normalized spacial score (nSPS) is 16.2. The van der Waals surface area contributed by atoms with Crippen molar-refractivity contribution >= 4 is 28.8 Å². The molecule has 0 amide bonds. The lowest BCUT2D eigenvalue weighted by Gasteiger charge is -2.23.